The summed E-state index contributed by atoms with van der Waals surface area (Å²) in [4.78, 5) is 19.6. The number of fused-ring (bicyclic) bond motifs is 1. The first kappa shape index (κ1) is 18.8. The highest BCUT2D eigenvalue weighted by Gasteiger charge is 2.18. The minimum Gasteiger partial charge on any atom is -0.481 e. The highest BCUT2D eigenvalue weighted by Crippen LogP contribution is 2.31. The zero-order valence-electron chi connectivity index (χ0n) is 15.9. The molecule has 3 rings (SSSR count). The number of ether oxygens (including phenoxy) is 1. The standard InChI is InChI=1S/C20H24N4O3/c1-4-14-9-10-17-20(16-11-21-12-18(22-16)27-3)15(13(2)23-24(14)17)7-5-6-8-19(25)26/h9-12H,4-8H2,1-3H3,(H,25,26). The van der Waals surface area contributed by atoms with Gasteiger partial charge in [-0.3, -0.25) is 9.78 Å². The molecule has 0 saturated heterocycles. The lowest BCUT2D eigenvalue weighted by atomic mass is 9.98. The number of rotatable bonds is 8. The van der Waals surface area contributed by atoms with E-state index in [-0.39, 0.29) is 6.42 Å². The van der Waals surface area contributed by atoms with Gasteiger partial charge in [0, 0.05) is 17.7 Å². The third kappa shape index (κ3) is 3.92. The molecule has 0 spiro atoms. The maximum atomic E-state index is 10.8. The maximum absolute atomic E-state index is 10.8. The van der Waals surface area contributed by atoms with Gasteiger partial charge in [0.05, 0.1) is 36.4 Å². The first-order valence-corrected chi connectivity index (χ1v) is 9.13. The Morgan fingerprint density at radius 2 is 2.07 bits per heavy atom. The molecule has 27 heavy (non-hydrogen) atoms. The topological polar surface area (TPSA) is 89.6 Å². The summed E-state index contributed by atoms with van der Waals surface area (Å²) in [6.07, 6.45) is 6.51. The number of carboxylic acids is 1. The molecule has 3 aromatic heterocycles. The molecule has 0 fully saturated rings. The third-order valence-corrected chi connectivity index (χ3v) is 4.69. The Bertz CT molecular complexity index is 965. The molecule has 0 aliphatic rings. The van der Waals surface area contributed by atoms with E-state index in [9.17, 15) is 4.79 Å². The Hall–Kier alpha value is -2.96. The van der Waals surface area contributed by atoms with Crippen LogP contribution in [0.4, 0.5) is 0 Å². The van der Waals surface area contributed by atoms with Crippen molar-refractivity contribution in [1.29, 1.82) is 0 Å². The molecule has 0 aliphatic heterocycles. The molecule has 0 amide bonds. The Labute approximate surface area is 158 Å². The highest BCUT2D eigenvalue weighted by molar-refractivity contribution is 5.81. The zero-order valence-corrected chi connectivity index (χ0v) is 15.9. The smallest absolute Gasteiger partial charge is 0.303 e. The average molecular weight is 368 g/mol. The Morgan fingerprint density at radius 3 is 2.78 bits per heavy atom. The average Bonchev–Trinajstić information content (AvgIpc) is 3.07. The fourth-order valence-electron chi connectivity index (χ4n) is 3.33. The van der Waals surface area contributed by atoms with Crippen molar-refractivity contribution < 1.29 is 14.6 Å². The van der Waals surface area contributed by atoms with Crippen molar-refractivity contribution in [3.63, 3.8) is 0 Å². The van der Waals surface area contributed by atoms with Gasteiger partial charge in [-0.1, -0.05) is 6.92 Å². The van der Waals surface area contributed by atoms with Crippen molar-refractivity contribution >= 4 is 11.5 Å². The van der Waals surface area contributed by atoms with Gasteiger partial charge < -0.3 is 9.84 Å². The molecule has 0 radical (unpaired) electrons. The predicted octanol–water partition coefficient (Wildman–Crippen LogP) is 3.47. The second-order valence-electron chi connectivity index (χ2n) is 6.46. The van der Waals surface area contributed by atoms with Crippen LogP contribution in [0, 0.1) is 6.92 Å². The lowest BCUT2D eigenvalue weighted by molar-refractivity contribution is -0.137. The number of aryl methyl sites for hydroxylation is 2. The molecule has 7 heteroatoms. The summed E-state index contributed by atoms with van der Waals surface area (Å²) in [6, 6.07) is 4.13. The molecule has 1 N–H and O–H groups in total. The van der Waals surface area contributed by atoms with Gasteiger partial charge in [-0.25, -0.2) is 9.50 Å². The minimum absolute atomic E-state index is 0.175. The number of hydrogen-bond acceptors (Lipinski definition) is 5. The molecule has 7 nitrogen and oxygen atoms in total. The van der Waals surface area contributed by atoms with Crippen LogP contribution in [0.2, 0.25) is 0 Å². The molecule has 142 valence electrons. The fourth-order valence-corrected chi connectivity index (χ4v) is 3.33. The summed E-state index contributed by atoms with van der Waals surface area (Å²) in [6.45, 7) is 4.09. The van der Waals surface area contributed by atoms with Crippen molar-refractivity contribution in [2.24, 2.45) is 0 Å². The van der Waals surface area contributed by atoms with E-state index in [2.05, 4.69) is 29.0 Å². The lowest BCUT2D eigenvalue weighted by Crippen LogP contribution is -2.07. The van der Waals surface area contributed by atoms with Crippen LogP contribution in [-0.4, -0.2) is 37.8 Å². The normalized spacial score (nSPS) is 11.1. The molecule has 3 heterocycles. The summed E-state index contributed by atoms with van der Waals surface area (Å²) >= 11 is 0. The first-order valence-electron chi connectivity index (χ1n) is 9.13. The number of nitrogens with zero attached hydrogens (tertiary/aromatic N) is 4. The molecule has 0 aromatic carbocycles. The van der Waals surface area contributed by atoms with Gasteiger partial charge in [-0.15, -0.1) is 0 Å². The number of methoxy groups -OCH3 is 1. The van der Waals surface area contributed by atoms with Crippen LogP contribution >= 0.6 is 0 Å². The van der Waals surface area contributed by atoms with Gasteiger partial charge in [-0.05, 0) is 50.3 Å². The van der Waals surface area contributed by atoms with E-state index in [4.69, 9.17) is 14.9 Å². The molecule has 0 bridgehead atoms. The van der Waals surface area contributed by atoms with Crippen LogP contribution in [0.25, 0.3) is 16.8 Å². The third-order valence-electron chi connectivity index (χ3n) is 4.69. The summed E-state index contributed by atoms with van der Waals surface area (Å²) in [5.41, 5.74) is 5.83. The number of carboxylic acid groups (broad SMARTS) is 1. The largest absolute Gasteiger partial charge is 0.481 e. The van der Waals surface area contributed by atoms with Crippen LogP contribution in [0.3, 0.4) is 0 Å². The molecule has 0 atom stereocenters. The van der Waals surface area contributed by atoms with Crippen LogP contribution in [0.1, 0.15) is 43.1 Å². The molecule has 0 unspecified atom stereocenters. The van der Waals surface area contributed by atoms with Crippen molar-refractivity contribution in [2.75, 3.05) is 7.11 Å². The van der Waals surface area contributed by atoms with E-state index in [0.717, 1.165) is 53.0 Å². The summed E-state index contributed by atoms with van der Waals surface area (Å²) in [5.74, 6) is -0.308. The minimum atomic E-state index is -0.765. The summed E-state index contributed by atoms with van der Waals surface area (Å²) in [5, 5.41) is 13.6. The van der Waals surface area contributed by atoms with Crippen LogP contribution in [-0.2, 0) is 17.6 Å². The van der Waals surface area contributed by atoms with E-state index in [1.54, 1.807) is 19.5 Å². The van der Waals surface area contributed by atoms with Gasteiger partial charge >= 0.3 is 5.97 Å². The summed E-state index contributed by atoms with van der Waals surface area (Å²) < 4.78 is 7.21. The second-order valence-corrected chi connectivity index (χ2v) is 6.46. The van der Waals surface area contributed by atoms with Crippen LogP contribution in [0.15, 0.2) is 24.5 Å². The SMILES string of the molecule is CCc1ccc2c(-c3cncc(OC)n3)c(CCCCC(=O)O)c(C)nn12. The number of carbonyl (C=O) groups is 1. The molecule has 0 aliphatic carbocycles. The van der Waals surface area contributed by atoms with Gasteiger partial charge in [0.25, 0.3) is 0 Å². The van der Waals surface area contributed by atoms with Gasteiger partial charge in [-0.2, -0.15) is 5.10 Å². The molecular formula is C20H24N4O3. The monoisotopic (exact) mass is 368 g/mol. The number of hydrogen-bond donors (Lipinski definition) is 1. The zero-order chi connectivity index (χ0) is 19.4. The molecule has 0 saturated carbocycles. The van der Waals surface area contributed by atoms with E-state index in [0.29, 0.717) is 12.3 Å². The first-order chi connectivity index (χ1) is 13.0. The number of unbranched alkanes of at least 4 members (excludes halogenated alkanes) is 1. The van der Waals surface area contributed by atoms with E-state index < -0.39 is 5.97 Å². The van der Waals surface area contributed by atoms with Gasteiger partial charge in [0.2, 0.25) is 5.88 Å². The summed E-state index contributed by atoms with van der Waals surface area (Å²) in [7, 11) is 1.57. The maximum Gasteiger partial charge on any atom is 0.303 e. The number of aromatic nitrogens is 4. The Balaban J connectivity index is 2.12. The van der Waals surface area contributed by atoms with Gasteiger partial charge in [0.15, 0.2) is 0 Å². The van der Waals surface area contributed by atoms with Crippen LogP contribution < -0.4 is 4.74 Å². The van der Waals surface area contributed by atoms with Crippen molar-refractivity contribution in [2.45, 2.75) is 46.0 Å². The molecular weight excluding hydrogens is 344 g/mol. The van der Waals surface area contributed by atoms with Crippen molar-refractivity contribution in [3.05, 3.63) is 41.5 Å². The lowest BCUT2D eigenvalue weighted by Gasteiger charge is -2.15. The van der Waals surface area contributed by atoms with E-state index >= 15 is 0 Å². The predicted molar refractivity (Wildman–Crippen MR) is 102 cm³/mol. The van der Waals surface area contributed by atoms with Crippen molar-refractivity contribution in [3.8, 4) is 17.1 Å². The quantitative estimate of drug-likeness (QED) is 0.612. The Kier molecular flexibility index (Phi) is 5.69. The van der Waals surface area contributed by atoms with Crippen LogP contribution in [0.5, 0.6) is 5.88 Å². The molecule has 3 aromatic rings. The fraction of sp³-hybridized carbons (Fsp3) is 0.400. The highest BCUT2D eigenvalue weighted by atomic mass is 16.5. The Morgan fingerprint density at radius 1 is 1.26 bits per heavy atom. The van der Waals surface area contributed by atoms with Gasteiger partial charge in [0.1, 0.15) is 0 Å². The van der Waals surface area contributed by atoms with E-state index in [1.807, 2.05) is 11.4 Å². The van der Waals surface area contributed by atoms with E-state index in [1.165, 1.54) is 0 Å². The number of aliphatic carboxylic acids is 1. The second kappa shape index (κ2) is 8.16. The van der Waals surface area contributed by atoms with Crippen molar-refractivity contribution in [1.82, 2.24) is 19.6 Å².